The number of aliphatic hydroxyl groups is 1. The molecule has 1 N–H and O–H groups in total. The fourth-order valence-electron chi connectivity index (χ4n) is 20.2. The number of halogens is 1. The first-order chi connectivity index (χ1) is 66.4. The summed E-state index contributed by atoms with van der Waals surface area (Å²) in [6.07, 6.45) is -0.599. The summed E-state index contributed by atoms with van der Waals surface area (Å²) in [5.74, 6) is 0. The van der Waals surface area contributed by atoms with Gasteiger partial charge in [0.15, 0.2) is 0 Å². The molecule has 6 aromatic heterocycles. The van der Waals surface area contributed by atoms with Crippen LogP contribution in [0.1, 0.15) is 20.8 Å². The van der Waals surface area contributed by atoms with Crippen molar-refractivity contribution in [2.45, 2.75) is 32.5 Å². The molecule has 0 fully saturated rings. The average Bonchev–Trinajstić information content (AvgIpc) is 1.55. The van der Waals surface area contributed by atoms with E-state index in [0.717, 1.165) is 66.6 Å². The molecule has 0 saturated carbocycles. The Balaban J connectivity index is 0.000000124. The quantitative estimate of drug-likeness (QED) is 0.0923. The highest BCUT2D eigenvalue weighted by atomic mass is 79.9. The number of aromatic nitrogens is 4. The third kappa shape index (κ3) is 14.7. The minimum Gasteiger partial charge on any atom is -0.427 e. The first-order valence-electron chi connectivity index (χ1n) is 46.1. The van der Waals surface area contributed by atoms with Crippen molar-refractivity contribution in [2.24, 2.45) is 0 Å². The zero-order chi connectivity index (χ0) is 90.4. The predicted molar refractivity (Wildman–Crippen MR) is 574 cm³/mol. The number of fused-ring (bicyclic) bond motifs is 18. The van der Waals surface area contributed by atoms with Crippen LogP contribution in [0.2, 0.25) is 0 Å². The monoisotopic (exact) mass is 1800 g/mol. The molecule has 1 radical (unpaired) electrons. The molecule has 641 valence electrons. The molecule has 1 atom stereocenters. The molecular weight excluding hydrogens is 1710 g/mol. The zero-order valence-electron chi connectivity index (χ0n) is 74.6. The van der Waals surface area contributed by atoms with Gasteiger partial charge in [-0.05, 0) is 240 Å². The molecule has 6 heterocycles. The molecule has 0 aliphatic carbocycles. The zero-order valence-corrected chi connectivity index (χ0v) is 76.2. The Kier molecular flexibility index (Phi) is 20.7. The van der Waals surface area contributed by atoms with E-state index in [0.29, 0.717) is 0 Å². The number of benzene rings is 20. The number of rotatable bonds is 17. The van der Waals surface area contributed by atoms with E-state index in [-0.39, 0.29) is 0 Å². The second-order valence-electron chi connectivity index (χ2n) is 35.6. The topological polar surface area (TPSA) is 54.6 Å². The van der Waals surface area contributed by atoms with Gasteiger partial charge in [-0.1, -0.05) is 331 Å². The lowest BCUT2D eigenvalue weighted by molar-refractivity contribution is -0.0146. The summed E-state index contributed by atoms with van der Waals surface area (Å²) in [6.45, 7) is 5.51. The fourth-order valence-corrected chi connectivity index (χ4v) is 20.6. The minimum absolute atomic E-state index is 0.599. The summed E-state index contributed by atoms with van der Waals surface area (Å²) in [5, 5.41) is 25.6. The van der Waals surface area contributed by atoms with Gasteiger partial charge in [0.2, 0.25) is 0 Å². The first-order valence-corrected chi connectivity index (χ1v) is 46.9. The number of nitrogens with zero attached hydrogens (tertiary/aromatic N) is 6. The number of hydrogen-bond acceptors (Lipinski definition) is 4. The van der Waals surface area contributed by atoms with Gasteiger partial charge in [-0.2, -0.15) is 0 Å². The maximum atomic E-state index is 10.1. The maximum Gasteiger partial charge on any atom is 0.330 e. The molecule has 26 rings (SSSR count). The van der Waals surface area contributed by atoms with Crippen LogP contribution in [0.3, 0.4) is 0 Å². The van der Waals surface area contributed by atoms with Crippen molar-refractivity contribution in [2.75, 3.05) is 9.80 Å². The SMILES string of the molecule is Brc1ccc2c(c1)c1cccc3c4ccccc4n2c31.CC(O)C(C)(C)O[B]c1ccc(N(c2ccc(-c3ccccc3)cc2)c2ccc(-c3ccc(-n4c5ccccc5c5ccccc54)cc3)cc2)cc1.c1ccc(-c2ccc(N(c3ccc(-c4ccc(-n5c6ccccc6c6ccccc65)cc4)cc3)c3ccc(-c4ccc5c(c4)c4cccc6c7ccccc7n5c64)cc3)cc2)cc1. The van der Waals surface area contributed by atoms with E-state index in [1.165, 1.54) is 164 Å². The van der Waals surface area contributed by atoms with Gasteiger partial charge in [0, 0.05) is 115 Å². The lowest BCUT2D eigenvalue weighted by Gasteiger charge is -2.29. The van der Waals surface area contributed by atoms with E-state index in [1.807, 2.05) is 32.0 Å². The van der Waals surface area contributed by atoms with Crippen LogP contribution < -0.4 is 15.3 Å². The van der Waals surface area contributed by atoms with E-state index in [4.69, 9.17) is 4.65 Å². The summed E-state index contributed by atoms with van der Waals surface area (Å²) in [4.78, 5) is 4.63. The van der Waals surface area contributed by atoms with Gasteiger partial charge >= 0.3 is 7.48 Å². The van der Waals surface area contributed by atoms with Crippen LogP contribution in [0.15, 0.2) is 478 Å². The van der Waals surface area contributed by atoms with Gasteiger partial charge in [0.25, 0.3) is 0 Å². The molecule has 8 nitrogen and oxygen atoms in total. The molecule has 10 heteroatoms. The smallest absolute Gasteiger partial charge is 0.330 e. The molecule has 0 bridgehead atoms. The molecule has 0 aliphatic rings. The average molecular weight is 1800 g/mol. The molecule has 0 amide bonds. The van der Waals surface area contributed by atoms with Gasteiger partial charge in [-0.25, -0.2) is 0 Å². The third-order valence-corrected chi connectivity index (χ3v) is 27.8. The van der Waals surface area contributed by atoms with Crippen LogP contribution >= 0.6 is 15.9 Å². The van der Waals surface area contributed by atoms with Crippen LogP contribution in [0, 0.1) is 0 Å². The second-order valence-corrected chi connectivity index (χ2v) is 36.5. The van der Waals surface area contributed by atoms with Crippen LogP contribution in [0.25, 0.3) is 187 Å². The summed E-state index contributed by atoms with van der Waals surface area (Å²) < 4.78 is 16.6. The minimum atomic E-state index is -0.682. The Bertz CT molecular complexity index is 8770. The molecule has 26 aromatic rings. The van der Waals surface area contributed by atoms with Crippen molar-refractivity contribution in [1.82, 2.24) is 17.9 Å². The molecular formula is C125H89BBrN6O2. The van der Waals surface area contributed by atoms with Crippen LogP contribution in [0.5, 0.6) is 0 Å². The molecule has 0 saturated heterocycles. The Morgan fingerprint density at radius 1 is 0.244 bits per heavy atom. The van der Waals surface area contributed by atoms with Crippen molar-refractivity contribution >= 4 is 183 Å². The number of aliphatic hydroxyl groups excluding tert-OH is 1. The van der Waals surface area contributed by atoms with Crippen molar-refractivity contribution in [3.05, 3.63) is 478 Å². The molecule has 135 heavy (non-hydrogen) atoms. The summed E-state index contributed by atoms with van der Waals surface area (Å²) in [7, 11) is 1.72. The Labute approximate surface area is 791 Å². The van der Waals surface area contributed by atoms with Crippen LogP contribution in [0.4, 0.5) is 34.1 Å². The van der Waals surface area contributed by atoms with Crippen LogP contribution in [-0.2, 0) is 4.65 Å². The Morgan fingerprint density at radius 2 is 0.489 bits per heavy atom. The van der Waals surface area contributed by atoms with Crippen LogP contribution in [-0.4, -0.2) is 42.2 Å². The molecule has 0 spiro atoms. The van der Waals surface area contributed by atoms with E-state index >= 15 is 0 Å². The summed E-state index contributed by atoms with van der Waals surface area (Å²) >= 11 is 3.59. The second kappa shape index (κ2) is 34.1. The summed E-state index contributed by atoms with van der Waals surface area (Å²) in [6, 6.07) is 170. The van der Waals surface area contributed by atoms with Crippen molar-refractivity contribution in [3.63, 3.8) is 0 Å². The molecule has 0 aliphatic heterocycles. The Hall–Kier alpha value is -16.3. The van der Waals surface area contributed by atoms with E-state index in [1.54, 1.807) is 14.4 Å². The number of hydrogen-bond donors (Lipinski definition) is 1. The van der Waals surface area contributed by atoms with Crippen molar-refractivity contribution < 1.29 is 9.76 Å². The lowest BCUT2D eigenvalue weighted by atomic mass is 9.85. The van der Waals surface area contributed by atoms with E-state index in [2.05, 4.69) is 499 Å². The van der Waals surface area contributed by atoms with Gasteiger partial charge < -0.3 is 37.5 Å². The number of anilines is 6. The summed E-state index contributed by atoms with van der Waals surface area (Å²) in [5.41, 5.74) is 33.4. The molecule has 20 aromatic carbocycles. The van der Waals surface area contributed by atoms with E-state index < -0.39 is 11.7 Å². The van der Waals surface area contributed by atoms with E-state index in [9.17, 15) is 5.11 Å². The normalized spacial score (nSPS) is 12.0. The first kappa shape index (κ1) is 81.9. The largest absolute Gasteiger partial charge is 0.427 e. The van der Waals surface area contributed by atoms with Gasteiger partial charge in [-0.15, -0.1) is 0 Å². The highest BCUT2D eigenvalue weighted by Crippen LogP contribution is 2.46. The van der Waals surface area contributed by atoms with Gasteiger partial charge in [-0.3, -0.25) is 0 Å². The lowest BCUT2D eigenvalue weighted by Crippen LogP contribution is -2.40. The predicted octanol–water partition coefficient (Wildman–Crippen LogP) is 33.0. The maximum absolute atomic E-state index is 10.1. The highest BCUT2D eigenvalue weighted by Gasteiger charge is 2.27. The number of para-hydroxylation sites is 8. The van der Waals surface area contributed by atoms with Gasteiger partial charge in [0.1, 0.15) is 0 Å². The Morgan fingerprint density at radius 3 is 0.830 bits per heavy atom. The van der Waals surface area contributed by atoms with Crippen molar-refractivity contribution in [3.8, 4) is 67.0 Å². The highest BCUT2D eigenvalue weighted by molar-refractivity contribution is 9.10. The van der Waals surface area contributed by atoms with Gasteiger partial charge in [0.05, 0.1) is 66.9 Å². The third-order valence-electron chi connectivity index (χ3n) is 27.3. The fraction of sp³-hybridized carbons (Fsp3) is 0.0400. The molecule has 1 unspecified atom stereocenters. The standard InChI is InChI=1S/C60H39N3.C47H40BN2O2.C18H10BrN/c1-2-11-40(12-3-1)41-21-30-46(31-22-41)61(47-32-23-42(24-33-47)43-25-36-49(37-26-43)62-56-18-7-4-13-50(56)51-14-5-8-19-57(51)62)48-34-27-44(28-35-48)45-29-38-59-55(39-45)54-17-10-16-53-52-15-6-9-20-58(52)63(59)60(53)54;1-33(51)47(2,3)52-48-38-23-31-41(32-24-38)49(39-25-17-35(18-26-39)34-11-5-4-6-12-34)40-27-19-36(20-28-40)37-21-29-42(30-22-37)50-45-15-9-7-13-43(45)44-14-8-10-16-46(44)50;19-11-8-9-17-15(10-11)14-6-3-5-13-12-4-1-2-7-16(12)20(17)18(13)14/h1-39H;4-33,51H,1-3H3;1-10H. The van der Waals surface area contributed by atoms with Crippen molar-refractivity contribution in [1.29, 1.82) is 0 Å².